The summed E-state index contributed by atoms with van der Waals surface area (Å²) in [6.45, 7) is 3.22. The highest BCUT2D eigenvalue weighted by molar-refractivity contribution is 14.1. The molecule has 3 nitrogen and oxygen atoms in total. The molecule has 2 rings (SSSR count). The van der Waals surface area contributed by atoms with Crippen LogP contribution in [0.1, 0.15) is 12.0 Å². The van der Waals surface area contributed by atoms with Gasteiger partial charge in [-0.15, -0.1) is 0 Å². The van der Waals surface area contributed by atoms with Crippen molar-refractivity contribution >= 4 is 22.6 Å². The van der Waals surface area contributed by atoms with Gasteiger partial charge in [0.2, 0.25) is 0 Å². The summed E-state index contributed by atoms with van der Waals surface area (Å²) in [6, 6.07) is 8.56. The molecule has 1 unspecified atom stereocenters. The number of hydrogen-bond donors (Lipinski definition) is 1. The van der Waals surface area contributed by atoms with Crippen LogP contribution in [-0.4, -0.2) is 32.5 Å². The van der Waals surface area contributed by atoms with Crippen molar-refractivity contribution < 1.29 is 9.47 Å². The standard InChI is InChI=1S/C13H18INO2/c1-16-13(6-7-17-10-13)9-15-8-11-2-4-12(14)5-3-11/h2-5,15H,6-10H2,1H3. The Balaban J connectivity index is 1.80. The number of halogens is 1. The summed E-state index contributed by atoms with van der Waals surface area (Å²) in [5.41, 5.74) is 1.18. The first kappa shape index (κ1) is 13.3. The minimum absolute atomic E-state index is 0.122. The maximum absolute atomic E-state index is 5.57. The third kappa shape index (κ3) is 3.64. The first-order valence-corrected chi connectivity index (χ1v) is 6.90. The third-order valence-corrected chi connectivity index (χ3v) is 3.91. The largest absolute Gasteiger partial charge is 0.378 e. The first-order chi connectivity index (χ1) is 8.24. The van der Waals surface area contributed by atoms with Crippen molar-refractivity contribution in [2.75, 3.05) is 26.9 Å². The molecule has 0 aromatic heterocycles. The lowest BCUT2D eigenvalue weighted by atomic mass is 10.0. The van der Waals surface area contributed by atoms with Crippen LogP contribution in [0.2, 0.25) is 0 Å². The van der Waals surface area contributed by atoms with Gasteiger partial charge in [0.15, 0.2) is 0 Å². The summed E-state index contributed by atoms with van der Waals surface area (Å²) in [4.78, 5) is 0. The summed E-state index contributed by atoms with van der Waals surface area (Å²) >= 11 is 2.32. The van der Waals surface area contributed by atoms with E-state index in [0.717, 1.165) is 26.1 Å². The summed E-state index contributed by atoms with van der Waals surface area (Å²) in [6.07, 6.45) is 0.975. The van der Waals surface area contributed by atoms with Crippen LogP contribution < -0.4 is 5.32 Å². The lowest BCUT2D eigenvalue weighted by Crippen LogP contribution is -2.42. The second-order valence-electron chi connectivity index (χ2n) is 4.42. The number of methoxy groups -OCH3 is 1. The fraction of sp³-hybridized carbons (Fsp3) is 0.538. The van der Waals surface area contributed by atoms with Crippen molar-refractivity contribution in [2.24, 2.45) is 0 Å². The van der Waals surface area contributed by atoms with Gasteiger partial charge in [0.05, 0.1) is 6.61 Å². The van der Waals surface area contributed by atoms with Crippen LogP contribution in [0, 0.1) is 3.57 Å². The minimum Gasteiger partial charge on any atom is -0.378 e. The highest BCUT2D eigenvalue weighted by atomic mass is 127. The number of ether oxygens (including phenoxy) is 2. The number of benzene rings is 1. The molecule has 0 bridgehead atoms. The second-order valence-corrected chi connectivity index (χ2v) is 5.67. The molecule has 1 aliphatic heterocycles. The van der Waals surface area contributed by atoms with E-state index in [0.29, 0.717) is 6.61 Å². The lowest BCUT2D eigenvalue weighted by molar-refractivity contribution is -0.0159. The first-order valence-electron chi connectivity index (χ1n) is 5.82. The Bertz CT molecular complexity index is 347. The second kappa shape index (κ2) is 6.13. The third-order valence-electron chi connectivity index (χ3n) is 3.19. The average Bonchev–Trinajstić information content (AvgIpc) is 2.81. The quantitative estimate of drug-likeness (QED) is 0.829. The molecule has 0 spiro atoms. The van der Waals surface area contributed by atoms with E-state index >= 15 is 0 Å². The average molecular weight is 347 g/mol. The van der Waals surface area contributed by atoms with E-state index in [9.17, 15) is 0 Å². The number of rotatable bonds is 5. The van der Waals surface area contributed by atoms with Gasteiger partial charge in [-0.3, -0.25) is 0 Å². The van der Waals surface area contributed by atoms with Crippen molar-refractivity contribution in [3.8, 4) is 0 Å². The molecule has 1 atom stereocenters. The van der Waals surface area contributed by atoms with Crippen LogP contribution in [-0.2, 0) is 16.0 Å². The monoisotopic (exact) mass is 347 g/mol. The Morgan fingerprint density at radius 2 is 2.18 bits per heavy atom. The van der Waals surface area contributed by atoms with Gasteiger partial charge in [-0.05, 0) is 40.3 Å². The molecule has 4 heteroatoms. The fourth-order valence-electron chi connectivity index (χ4n) is 2.00. The Hall–Kier alpha value is -0.170. The molecule has 1 fully saturated rings. The Morgan fingerprint density at radius 1 is 1.41 bits per heavy atom. The highest BCUT2D eigenvalue weighted by Gasteiger charge is 2.34. The molecule has 94 valence electrons. The summed E-state index contributed by atoms with van der Waals surface area (Å²) in [5.74, 6) is 0. The molecule has 1 aromatic carbocycles. The van der Waals surface area contributed by atoms with E-state index in [1.807, 2.05) is 0 Å². The molecule has 0 saturated carbocycles. The van der Waals surface area contributed by atoms with Crippen LogP contribution >= 0.6 is 22.6 Å². The van der Waals surface area contributed by atoms with Gasteiger partial charge >= 0.3 is 0 Å². The van der Waals surface area contributed by atoms with E-state index in [2.05, 4.69) is 52.2 Å². The van der Waals surface area contributed by atoms with Gasteiger partial charge in [0.1, 0.15) is 5.60 Å². The van der Waals surface area contributed by atoms with Crippen molar-refractivity contribution in [2.45, 2.75) is 18.6 Å². The van der Waals surface area contributed by atoms with Crippen molar-refractivity contribution in [1.82, 2.24) is 5.32 Å². The van der Waals surface area contributed by atoms with Gasteiger partial charge in [0.25, 0.3) is 0 Å². The molecule has 1 heterocycles. The van der Waals surface area contributed by atoms with Gasteiger partial charge in [0, 0.05) is 36.8 Å². The molecular formula is C13H18INO2. The van der Waals surface area contributed by atoms with E-state index < -0.39 is 0 Å². The van der Waals surface area contributed by atoms with Crippen molar-refractivity contribution in [3.63, 3.8) is 0 Å². The number of hydrogen-bond acceptors (Lipinski definition) is 3. The van der Waals surface area contributed by atoms with Crippen molar-refractivity contribution in [1.29, 1.82) is 0 Å². The zero-order valence-electron chi connectivity index (χ0n) is 10.0. The fourth-order valence-corrected chi connectivity index (χ4v) is 2.36. The molecule has 0 aliphatic carbocycles. The van der Waals surface area contributed by atoms with E-state index in [1.54, 1.807) is 7.11 Å². The maximum Gasteiger partial charge on any atom is 0.106 e. The molecule has 17 heavy (non-hydrogen) atoms. The zero-order valence-corrected chi connectivity index (χ0v) is 12.2. The topological polar surface area (TPSA) is 30.5 Å². The van der Waals surface area contributed by atoms with Crippen molar-refractivity contribution in [3.05, 3.63) is 33.4 Å². The van der Waals surface area contributed by atoms with Crippen LogP contribution in [0.5, 0.6) is 0 Å². The SMILES string of the molecule is COC1(CNCc2ccc(I)cc2)CCOC1. The summed E-state index contributed by atoms with van der Waals surface area (Å²) < 4.78 is 12.2. The Labute approximate surface area is 116 Å². The van der Waals surface area contributed by atoms with E-state index in [-0.39, 0.29) is 5.60 Å². The van der Waals surface area contributed by atoms with Gasteiger partial charge in [-0.25, -0.2) is 0 Å². The molecule has 0 amide bonds. The normalized spacial score (nSPS) is 24.1. The van der Waals surface area contributed by atoms with Crippen LogP contribution in [0.4, 0.5) is 0 Å². The lowest BCUT2D eigenvalue weighted by Gasteiger charge is -2.26. The molecular weight excluding hydrogens is 329 g/mol. The Kier molecular flexibility index (Phi) is 4.78. The van der Waals surface area contributed by atoms with Crippen LogP contribution in [0.15, 0.2) is 24.3 Å². The predicted molar refractivity (Wildman–Crippen MR) is 76.0 cm³/mol. The van der Waals surface area contributed by atoms with Gasteiger partial charge < -0.3 is 14.8 Å². The van der Waals surface area contributed by atoms with E-state index in [1.165, 1.54) is 9.13 Å². The van der Waals surface area contributed by atoms with E-state index in [4.69, 9.17) is 9.47 Å². The predicted octanol–water partition coefficient (Wildman–Crippen LogP) is 2.19. The summed E-state index contributed by atoms with van der Waals surface area (Å²) in [5, 5.41) is 3.45. The maximum atomic E-state index is 5.57. The van der Waals surface area contributed by atoms with Gasteiger partial charge in [-0.2, -0.15) is 0 Å². The van der Waals surface area contributed by atoms with Crippen LogP contribution in [0.3, 0.4) is 0 Å². The molecule has 1 N–H and O–H groups in total. The molecule has 1 saturated heterocycles. The summed E-state index contributed by atoms with van der Waals surface area (Å²) in [7, 11) is 1.77. The minimum atomic E-state index is -0.122. The highest BCUT2D eigenvalue weighted by Crippen LogP contribution is 2.21. The Morgan fingerprint density at radius 3 is 2.76 bits per heavy atom. The van der Waals surface area contributed by atoms with Gasteiger partial charge in [-0.1, -0.05) is 12.1 Å². The molecule has 0 radical (unpaired) electrons. The number of nitrogens with one attached hydrogen (secondary N) is 1. The molecule has 1 aliphatic rings. The smallest absolute Gasteiger partial charge is 0.106 e. The zero-order chi connectivity index (χ0) is 12.1. The molecule has 1 aromatic rings. The van der Waals surface area contributed by atoms with Crippen LogP contribution in [0.25, 0.3) is 0 Å².